The van der Waals surface area contributed by atoms with Gasteiger partial charge in [0, 0.05) is 25.8 Å². The van der Waals surface area contributed by atoms with Crippen LogP contribution in [0.15, 0.2) is 6.20 Å². The molecule has 0 bridgehead atoms. The van der Waals surface area contributed by atoms with Crippen molar-refractivity contribution < 1.29 is 10.2 Å². The van der Waals surface area contributed by atoms with Crippen molar-refractivity contribution in [1.82, 2.24) is 15.0 Å². The van der Waals surface area contributed by atoms with Crippen molar-refractivity contribution in [3.63, 3.8) is 0 Å². The molecule has 0 aromatic carbocycles. The molecule has 0 spiro atoms. The van der Waals surface area contributed by atoms with Gasteiger partial charge in [-0.2, -0.15) is 0 Å². The molecule has 1 aromatic heterocycles. The van der Waals surface area contributed by atoms with E-state index in [1.165, 1.54) is 51.4 Å². The van der Waals surface area contributed by atoms with Crippen LogP contribution in [0, 0.1) is 46.3 Å². The fourth-order valence-electron chi connectivity index (χ4n) is 9.66. The smallest absolute Gasteiger partial charge is 0.0849 e. The summed E-state index contributed by atoms with van der Waals surface area (Å²) in [6.45, 7) is 8.87. The van der Waals surface area contributed by atoms with Gasteiger partial charge in [0.2, 0.25) is 0 Å². The van der Waals surface area contributed by atoms with Crippen molar-refractivity contribution >= 4 is 0 Å². The van der Waals surface area contributed by atoms with E-state index in [1.807, 2.05) is 10.9 Å². The van der Waals surface area contributed by atoms with Crippen molar-refractivity contribution in [2.24, 2.45) is 46.3 Å². The maximum absolute atomic E-state index is 10.3. The van der Waals surface area contributed by atoms with E-state index in [9.17, 15) is 5.11 Å². The molecule has 4 saturated carbocycles. The first kappa shape index (κ1) is 23.8. The van der Waals surface area contributed by atoms with Crippen LogP contribution in [0.1, 0.15) is 97.1 Å². The van der Waals surface area contributed by atoms with Crippen molar-refractivity contribution in [2.75, 3.05) is 6.61 Å². The van der Waals surface area contributed by atoms with Gasteiger partial charge < -0.3 is 10.2 Å². The van der Waals surface area contributed by atoms with Crippen molar-refractivity contribution in [2.45, 2.75) is 110 Å². The van der Waals surface area contributed by atoms with Crippen LogP contribution < -0.4 is 0 Å². The highest BCUT2D eigenvalue weighted by Crippen LogP contribution is 2.68. The molecule has 7 unspecified atom stereocenters. The number of hydrogen-bond donors (Lipinski definition) is 2. The minimum Gasteiger partial charge on any atom is -0.396 e. The zero-order valence-electron chi connectivity index (χ0n) is 21.3. The Kier molecular flexibility index (Phi) is 6.67. The van der Waals surface area contributed by atoms with E-state index in [0.29, 0.717) is 17.3 Å². The van der Waals surface area contributed by atoms with Crippen LogP contribution in [-0.2, 0) is 13.0 Å². The number of aliphatic hydroxyl groups excluding tert-OH is 2. The SMILES string of the molecule is CC(CCCn1cc(CCO)nn1)C1CCC2C3CCC4CC(O)CC[C@]4(C)C3CC[C@]12C. The molecule has 33 heavy (non-hydrogen) atoms. The Morgan fingerprint density at radius 2 is 1.85 bits per heavy atom. The molecule has 0 radical (unpaired) electrons. The summed E-state index contributed by atoms with van der Waals surface area (Å²) in [4.78, 5) is 0. The first-order chi connectivity index (χ1) is 15.8. The highest BCUT2D eigenvalue weighted by Gasteiger charge is 2.60. The molecule has 9 atom stereocenters. The van der Waals surface area contributed by atoms with Crippen LogP contribution in [0.5, 0.6) is 0 Å². The molecule has 1 heterocycles. The normalized spacial score (nSPS) is 43.5. The third kappa shape index (κ3) is 4.20. The number of nitrogens with zero attached hydrogens (tertiary/aromatic N) is 3. The van der Waals surface area contributed by atoms with Crippen molar-refractivity contribution in [3.8, 4) is 0 Å². The molecule has 5 rings (SSSR count). The first-order valence-electron chi connectivity index (χ1n) is 14.0. The molecule has 5 nitrogen and oxygen atoms in total. The topological polar surface area (TPSA) is 71.2 Å². The van der Waals surface area contributed by atoms with Gasteiger partial charge in [-0.15, -0.1) is 5.10 Å². The van der Waals surface area contributed by atoms with E-state index in [4.69, 9.17) is 5.11 Å². The number of hydrogen-bond acceptors (Lipinski definition) is 4. The van der Waals surface area contributed by atoms with Crippen LogP contribution in [0.3, 0.4) is 0 Å². The molecule has 4 fully saturated rings. The van der Waals surface area contributed by atoms with E-state index in [1.54, 1.807) is 0 Å². The van der Waals surface area contributed by atoms with E-state index < -0.39 is 0 Å². The van der Waals surface area contributed by atoms with E-state index >= 15 is 0 Å². The van der Waals surface area contributed by atoms with Gasteiger partial charge in [-0.1, -0.05) is 26.0 Å². The van der Waals surface area contributed by atoms with E-state index in [0.717, 1.165) is 67.0 Å². The van der Waals surface area contributed by atoms with Crippen LogP contribution in [0.2, 0.25) is 0 Å². The molecule has 1 aromatic rings. The molecular formula is C28H47N3O2. The molecule has 4 aliphatic carbocycles. The summed E-state index contributed by atoms with van der Waals surface area (Å²) in [6.07, 6.45) is 16.8. The average Bonchev–Trinajstić information content (AvgIpc) is 3.38. The van der Waals surface area contributed by atoms with Crippen molar-refractivity contribution in [1.29, 1.82) is 0 Å². The van der Waals surface area contributed by atoms with Crippen LogP contribution in [0.25, 0.3) is 0 Å². The lowest BCUT2D eigenvalue weighted by atomic mass is 9.44. The largest absolute Gasteiger partial charge is 0.396 e. The predicted molar refractivity (Wildman–Crippen MR) is 130 cm³/mol. The number of aliphatic hydroxyl groups is 2. The second kappa shape index (κ2) is 9.26. The number of rotatable bonds is 7. The van der Waals surface area contributed by atoms with Gasteiger partial charge in [-0.3, -0.25) is 4.68 Å². The van der Waals surface area contributed by atoms with Crippen molar-refractivity contribution in [3.05, 3.63) is 11.9 Å². The van der Waals surface area contributed by atoms with Gasteiger partial charge in [-0.05, 0) is 117 Å². The summed E-state index contributed by atoms with van der Waals surface area (Å²) >= 11 is 0. The lowest BCUT2D eigenvalue weighted by Crippen LogP contribution is -2.54. The predicted octanol–water partition coefficient (Wildman–Crippen LogP) is 5.25. The Bertz CT molecular complexity index is 811. The summed E-state index contributed by atoms with van der Waals surface area (Å²) in [5, 5.41) is 27.8. The van der Waals surface area contributed by atoms with Crippen LogP contribution in [0.4, 0.5) is 0 Å². The van der Waals surface area contributed by atoms with Gasteiger partial charge >= 0.3 is 0 Å². The Balaban J connectivity index is 1.20. The maximum Gasteiger partial charge on any atom is 0.0849 e. The standard InChI is InChI=1S/C28H47N3O2/c1-19(5-4-15-31-18-21(12-16-32)29-30-31)24-8-9-25-23-7-6-20-17-22(33)10-13-27(20,2)26(23)11-14-28(24,25)3/h18-20,22-26,32-33H,4-17H2,1-3H3/t19?,20?,22?,23?,24?,25?,26?,27-,28+/m0/s1. The highest BCUT2D eigenvalue weighted by molar-refractivity contribution is 5.09. The Morgan fingerprint density at radius 3 is 2.67 bits per heavy atom. The molecule has 5 heteroatoms. The number of aromatic nitrogens is 3. The third-order valence-electron chi connectivity index (χ3n) is 11.4. The van der Waals surface area contributed by atoms with E-state index in [2.05, 4.69) is 31.1 Å². The number of aryl methyl sites for hydroxylation is 1. The fourth-order valence-corrected chi connectivity index (χ4v) is 9.66. The lowest BCUT2D eigenvalue weighted by molar-refractivity contribution is -0.129. The minimum atomic E-state index is -0.0380. The third-order valence-corrected chi connectivity index (χ3v) is 11.4. The molecule has 2 N–H and O–H groups in total. The molecule has 0 aliphatic heterocycles. The first-order valence-corrected chi connectivity index (χ1v) is 14.0. The minimum absolute atomic E-state index is 0.0380. The summed E-state index contributed by atoms with van der Waals surface area (Å²) in [5.74, 6) is 5.15. The van der Waals surface area contributed by atoms with Gasteiger partial charge in [0.05, 0.1) is 11.8 Å². The lowest BCUT2D eigenvalue weighted by Gasteiger charge is -2.61. The zero-order chi connectivity index (χ0) is 23.2. The van der Waals surface area contributed by atoms with Gasteiger partial charge in [-0.25, -0.2) is 0 Å². The van der Waals surface area contributed by atoms with E-state index in [-0.39, 0.29) is 12.7 Å². The highest BCUT2D eigenvalue weighted by atomic mass is 16.3. The zero-order valence-corrected chi connectivity index (χ0v) is 21.3. The second-order valence-corrected chi connectivity index (χ2v) is 12.9. The molecule has 0 amide bonds. The molecule has 4 aliphatic rings. The maximum atomic E-state index is 10.3. The number of fused-ring (bicyclic) bond motifs is 5. The van der Waals surface area contributed by atoms with Gasteiger partial charge in [0.25, 0.3) is 0 Å². The average molecular weight is 458 g/mol. The fraction of sp³-hybridized carbons (Fsp3) is 0.929. The Morgan fingerprint density at radius 1 is 1.06 bits per heavy atom. The summed E-state index contributed by atoms with van der Waals surface area (Å²) in [5.41, 5.74) is 1.91. The molecule has 0 saturated heterocycles. The second-order valence-electron chi connectivity index (χ2n) is 12.9. The summed E-state index contributed by atoms with van der Waals surface area (Å²) in [7, 11) is 0. The quantitative estimate of drug-likeness (QED) is 0.587. The van der Waals surface area contributed by atoms with Gasteiger partial charge in [0.15, 0.2) is 0 Å². The van der Waals surface area contributed by atoms with Gasteiger partial charge in [0.1, 0.15) is 0 Å². The molecular weight excluding hydrogens is 410 g/mol. The Hall–Kier alpha value is -0.940. The monoisotopic (exact) mass is 457 g/mol. The molecule has 186 valence electrons. The summed E-state index contributed by atoms with van der Waals surface area (Å²) < 4.78 is 1.96. The van der Waals surface area contributed by atoms with Crippen LogP contribution >= 0.6 is 0 Å². The van der Waals surface area contributed by atoms with Crippen LogP contribution in [-0.4, -0.2) is 37.9 Å². The Labute approximate surface area is 200 Å². The summed E-state index contributed by atoms with van der Waals surface area (Å²) in [6, 6.07) is 0.